The highest BCUT2D eigenvalue weighted by Crippen LogP contribution is 2.23. The normalized spacial score (nSPS) is 14.4. The number of aliphatic carboxylic acids is 1. The lowest BCUT2D eigenvalue weighted by Gasteiger charge is -2.35. The number of aromatic nitrogens is 1. The third kappa shape index (κ3) is 5.80. The number of carbonyl (C=O) groups excluding carboxylic acids is 1. The number of piperazine rings is 1. The molecule has 0 saturated carbocycles. The molecule has 2 aromatic rings. The van der Waals surface area contributed by atoms with E-state index >= 15 is 0 Å². The highest BCUT2D eigenvalue weighted by molar-refractivity contribution is 5.96. The largest absolute Gasteiger partial charge is 0.505 e. The number of halogens is 1. The van der Waals surface area contributed by atoms with Crippen molar-refractivity contribution in [3.63, 3.8) is 0 Å². The van der Waals surface area contributed by atoms with Gasteiger partial charge in [-0.05, 0) is 24.3 Å². The van der Waals surface area contributed by atoms with E-state index in [1.807, 2.05) is 4.90 Å². The van der Waals surface area contributed by atoms with Crippen molar-refractivity contribution in [1.82, 2.24) is 15.2 Å². The van der Waals surface area contributed by atoms with Crippen LogP contribution in [-0.2, 0) is 4.79 Å². The van der Waals surface area contributed by atoms with Gasteiger partial charge in [0.05, 0.1) is 11.9 Å². The molecule has 30 heavy (non-hydrogen) atoms. The van der Waals surface area contributed by atoms with Gasteiger partial charge < -0.3 is 25.2 Å². The minimum Gasteiger partial charge on any atom is -0.505 e. The van der Waals surface area contributed by atoms with Crippen LogP contribution in [0.2, 0.25) is 0 Å². The third-order valence-electron chi connectivity index (χ3n) is 4.70. The van der Waals surface area contributed by atoms with E-state index in [1.165, 1.54) is 24.4 Å². The van der Waals surface area contributed by atoms with Crippen molar-refractivity contribution in [2.24, 2.45) is 0 Å². The molecule has 2 heterocycles. The van der Waals surface area contributed by atoms with Gasteiger partial charge in [-0.25, -0.2) is 9.37 Å². The molecule has 1 aliphatic heterocycles. The van der Waals surface area contributed by atoms with Crippen LogP contribution in [0.5, 0.6) is 11.5 Å². The van der Waals surface area contributed by atoms with Crippen molar-refractivity contribution in [2.75, 3.05) is 50.8 Å². The Kier molecular flexibility index (Phi) is 7.02. The van der Waals surface area contributed by atoms with Gasteiger partial charge >= 0.3 is 5.97 Å². The lowest BCUT2D eigenvalue weighted by Crippen LogP contribution is -2.47. The zero-order chi connectivity index (χ0) is 21.5. The Bertz CT molecular complexity index is 885. The fraction of sp³-hybridized carbons (Fsp3) is 0.350. The Balaban J connectivity index is 1.46. The van der Waals surface area contributed by atoms with Gasteiger partial charge in [-0.3, -0.25) is 14.5 Å². The zero-order valence-electron chi connectivity index (χ0n) is 16.3. The number of carboxylic acids is 1. The van der Waals surface area contributed by atoms with Gasteiger partial charge in [-0.1, -0.05) is 0 Å². The highest BCUT2D eigenvalue weighted by atomic mass is 19.1. The van der Waals surface area contributed by atoms with Gasteiger partial charge in [-0.15, -0.1) is 0 Å². The first-order valence-electron chi connectivity index (χ1n) is 9.47. The van der Waals surface area contributed by atoms with E-state index in [9.17, 15) is 19.1 Å². The second-order valence-electron chi connectivity index (χ2n) is 6.77. The molecule has 160 valence electrons. The van der Waals surface area contributed by atoms with Gasteiger partial charge in [0.1, 0.15) is 30.5 Å². The van der Waals surface area contributed by atoms with Crippen LogP contribution in [0.4, 0.5) is 10.1 Å². The second kappa shape index (κ2) is 9.88. The molecule has 1 fully saturated rings. The van der Waals surface area contributed by atoms with Gasteiger partial charge in [0, 0.05) is 38.8 Å². The number of benzene rings is 1. The van der Waals surface area contributed by atoms with Gasteiger partial charge in [0.25, 0.3) is 5.91 Å². The number of hydrogen-bond donors (Lipinski definition) is 3. The Morgan fingerprint density at radius 2 is 1.87 bits per heavy atom. The maximum absolute atomic E-state index is 12.9. The molecular weight excluding hydrogens is 395 g/mol. The Hall–Kier alpha value is -3.40. The van der Waals surface area contributed by atoms with Crippen LogP contribution < -0.4 is 15.0 Å². The van der Waals surface area contributed by atoms with E-state index < -0.39 is 18.4 Å². The minimum absolute atomic E-state index is 0.212. The molecule has 0 bridgehead atoms. The molecule has 3 N–H and O–H groups in total. The average Bonchev–Trinajstić information content (AvgIpc) is 2.74. The van der Waals surface area contributed by atoms with E-state index in [1.54, 1.807) is 12.1 Å². The van der Waals surface area contributed by atoms with Crippen LogP contribution in [0.25, 0.3) is 0 Å². The van der Waals surface area contributed by atoms with E-state index in [-0.39, 0.29) is 17.3 Å². The first kappa shape index (κ1) is 21.3. The highest BCUT2D eigenvalue weighted by Gasteiger charge is 2.20. The van der Waals surface area contributed by atoms with Crippen LogP contribution in [0.1, 0.15) is 10.5 Å². The number of ether oxygens (including phenoxy) is 1. The van der Waals surface area contributed by atoms with E-state index in [4.69, 9.17) is 9.84 Å². The maximum Gasteiger partial charge on any atom is 0.322 e. The topological polar surface area (TPSA) is 115 Å². The molecule has 1 aromatic heterocycles. The maximum atomic E-state index is 12.9. The van der Waals surface area contributed by atoms with E-state index in [0.717, 1.165) is 19.6 Å². The summed E-state index contributed by atoms with van der Waals surface area (Å²) in [5.41, 5.74) is 0.473. The summed E-state index contributed by atoms with van der Waals surface area (Å²) >= 11 is 0. The van der Waals surface area contributed by atoms with Gasteiger partial charge in [0.15, 0.2) is 5.69 Å². The van der Waals surface area contributed by atoms with E-state index in [2.05, 4.69) is 15.2 Å². The minimum atomic E-state index is -1.18. The van der Waals surface area contributed by atoms with Crippen LogP contribution in [-0.4, -0.2) is 77.8 Å². The van der Waals surface area contributed by atoms with Crippen LogP contribution in [0.15, 0.2) is 36.5 Å². The van der Waals surface area contributed by atoms with Crippen molar-refractivity contribution < 1.29 is 28.9 Å². The summed E-state index contributed by atoms with van der Waals surface area (Å²) in [4.78, 5) is 30.7. The fourth-order valence-electron chi connectivity index (χ4n) is 3.08. The summed E-state index contributed by atoms with van der Waals surface area (Å²) in [5, 5.41) is 20.9. The number of aromatic hydroxyl groups is 1. The lowest BCUT2D eigenvalue weighted by atomic mass is 10.2. The molecule has 1 aromatic carbocycles. The first-order valence-corrected chi connectivity index (χ1v) is 9.47. The summed E-state index contributed by atoms with van der Waals surface area (Å²) < 4.78 is 18.5. The monoisotopic (exact) mass is 418 g/mol. The van der Waals surface area contributed by atoms with Crippen LogP contribution in [0.3, 0.4) is 0 Å². The molecule has 0 unspecified atom stereocenters. The van der Waals surface area contributed by atoms with Crippen LogP contribution in [0, 0.1) is 5.82 Å². The molecule has 1 amide bonds. The number of anilines is 1. The fourth-order valence-corrected chi connectivity index (χ4v) is 3.08. The number of carbonyl (C=O) groups is 2. The van der Waals surface area contributed by atoms with Gasteiger partial charge in [0.2, 0.25) is 0 Å². The smallest absolute Gasteiger partial charge is 0.322 e. The van der Waals surface area contributed by atoms with Crippen molar-refractivity contribution in [1.29, 1.82) is 0 Å². The molecular formula is C20H23FN4O5. The number of carboxylic acid groups (broad SMARTS) is 1. The number of amides is 1. The SMILES string of the molecule is O=C(O)CNC(=O)c1ncc(N2CCN(CCOc3ccc(F)cc3)CC2)cc1O. The number of rotatable bonds is 8. The molecule has 9 nitrogen and oxygen atoms in total. The standard InChI is InChI=1S/C20H23FN4O5/c21-14-1-3-16(4-2-14)30-10-9-24-5-7-25(8-6-24)15-11-17(26)19(22-12-15)20(29)23-13-18(27)28/h1-4,11-12,26H,5-10,13H2,(H,23,29)(H,27,28). The predicted octanol–water partition coefficient (Wildman–Crippen LogP) is 0.942. The summed E-state index contributed by atoms with van der Waals surface area (Å²) in [6.07, 6.45) is 1.49. The first-order chi connectivity index (χ1) is 14.4. The molecule has 3 rings (SSSR count). The second-order valence-corrected chi connectivity index (χ2v) is 6.77. The predicted molar refractivity (Wildman–Crippen MR) is 106 cm³/mol. The summed E-state index contributed by atoms with van der Waals surface area (Å²) in [7, 11) is 0. The average molecular weight is 418 g/mol. The number of pyridine rings is 1. The Morgan fingerprint density at radius 1 is 1.17 bits per heavy atom. The third-order valence-corrected chi connectivity index (χ3v) is 4.70. The molecule has 1 saturated heterocycles. The summed E-state index contributed by atoms with van der Waals surface area (Å²) in [6.45, 7) is 3.67. The van der Waals surface area contributed by atoms with Crippen molar-refractivity contribution in [3.05, 3.63) is 48.0 Å². The lowest BCUT2D eigenvalue weighted by molar-refractivity contribution is -0.135. The Labute approximate surface area is 172 Å². The summed E-state index contributed by atoms with van der Waals surface area (Å²) in [6, 6.07) is 7.36. The Morgan fingerprint density at radius 3 is 2.50 bits per heavy atom. The number of nitrogens with zero attached hydrogens (tertiary/aromatic N) is 3. The molecule has 0 atom stereocenters. The number of nitrogens with one attached hydrogen (secondary N) is 1. The quantitative estimate of drug-likeness (QED) is 0.580. The molecule has 0 spiro atoms. The van der Waals surface area contributed by atoms with Crippen molar-refractivity contribution in [3.8, 4) is 11.5 Å². The van der Waals surface area contributed by atoms with Crippen LogP contribution >= 0.6 is 0 Å². The zero-order valence-corrected chi connectivity index (χ0v) is 16.3. The van der Waals surface area contributed by atoms with Crippen molar-refractivity contribution in [2.45, 2.75) is 0 Å². The molecule has 0 radical (unpaired) electrons. The van der Waals surface area contributed by atoms with E-state index in [0.29, 0.717) is 31.1 Å². The summed E-state index contributed by atoms with van der Waals surface area (Å²) in [5.74, 6) is -1.89. The van der Waals surface area contributed by atoms with Crippen molar-refractivity contribution >= 4 is 17.6 Å². The molecule has 0 aliphatic carbocycles. The number of hydrogen-bond acceptors (Lipinski definition) is 7. The molecule has 10 heteroatoms. The molecule has 1 aliphatic rings. The van der Waals surface area contributed by atoms with Gasteiger partial charge in [-0.2, -0.15) is 0 Å².